The van der Waals surface area contributed by atoms with Crippen molar-refractivity contribution in [1.29, 1.82) is 0 Å². The molecule has 2 aliphatic carbocycles. The van der Waals surface area contributed by atoms with E-state index < -0.39 is 0 Å². The van der Waals surface area contributed by atoms with E-state index in [0.717, 1.165) is 17.3 Å². The lowest BCUT2D eigenvalue weighted by Crippen LogP contribution is -2.39. The van der Waals surface area contributed by atoms with Gasteiger partial charge in [0, 0.05) is 11.8 Å². The maximum Gasteiger partial charge on any atom is 0.0213 e. The first-order valence-electron chi connectivity index (χ1n) is 7.61. The van der Waals surface area contributed by atoms with E-state index in [9.17, 15) is 0 Å². The van der Waals surface area contributed by atoms with E-state index in [-0.39, 0.29) is 0 Å². The molecule has 0 heterocycles. The van der Waals surface area contributed by atoms with Gasteiger partial charge in [0.2, 0.25) is 0 Å². The summed E-state index contributed by atoms with van der Waals surface area (Å²) in [5, 5.41) is 0. The Morgan fingerprint density at radius 3 is 2.06 bits per heavy atom. The summed E-state index contributed by atoms with van der Waals surface area (Å²) in [7, 11) is 0. The summed E-state index contributed by atoms with van der Waals surface area (Å²) < 4.78 is 0. The van der Waals surface area contributed by atoms with Gasteiger partial charge in [-0.15, -0.1) is 5.92 Å². The van der Waals surface area contributed by atoms with E-state index in [1.807, 2.05) is 13.8 Å². The second-order valence-corrected chi connectivity index (χ2v) is 6.23. The molecule has 2 rings (SSSR count). The van der Waals surface area contributed by atoms with Crippen LogP contribution in [0.1, 0.15) is 73.1 Å². The van der Waals surface area contributed by atoms with Gasteiger partial charge in [0.25, 0.3) is 0 Å². The lowest BCUT2D eigenvalue weighted by atomic mass is 9.55. The van der Waals surface area contributed by atoms with Gasteiger partial charge in [-0.2, -0.15) is 0 Å². The van der Waals surface area contributed by atoms with E-state index in [4.69, 9.17) is 0 Å². The first kappa shape index (κ1) is 14.6. The third-order valence-corrected chi connectivity index (χ3v) is 4.27. The molecule has 0 bridgehead atoms. The van der Waals surface area contributed by atoms with Crippen LogP contribution in [-0.2, 0) is 0 Å². The summed E-state index contributed by atoms with van der Waals surface area (Å²) in [6.45, 7) is 10.8. The first-order valence-corrected chi connectivity index (χ1v) is 7.61. The van der Waals surface area contributed by atoms with Crippen molar-refractivity contribution < 1.29 is 0 Å². The van der Waals surface area contributed by atoms with Crippen molar-refractivity contribution in [1.82, 2.24) is 0 Å². The zero-order chi connectivity index (χ0) is 12.9. The van der Waals surface area contributed by atoms with Crippen molar-refractivity contribution in [3.63, 3.8) is 0 Å². The first-order chi connectivity index (χ1) is 8.10. The van der Waals surface area contributed by atoms with E-state index in [0.29, 0.717) is 5.92 Å². The van der Waals surface area contributed by atoms with Crippen LogP contribution in [0.15, 0.2) is 0 Å². The Labute approximate surface area is 109 Å². The molecule has 0 heteroatoms. The van der Waals surface area contributed by atoms with E-state index >= 15 is 0 Å². The molecule has 0 atom stereocenters. The highest BCUT2D eigenvalue weighted by Crippen LogP contribution is 2.55. The van der Waals surface area contributed by atoms with Crippen molar-refractivity contribution in [2.45, 2.75) is 73.1 Å². The summed E-state index contributed by atoms with van der Waals surface area (Å²) in [5.74, 6) is 9.05. The highest BCUT2D eigenvalue weighted by Gasteiger charge is 2.44. The highest BCUT2D eigenvalue weighted by atomic mass is 14.5. The normalized spacial score (nSPS) is 35.4. The molecule has 0 N–H and O–H groups in total. The monoisotopic (exact) mass is 234 g/mol. The Balaban J connectivity index is 0.000000686. The lowest BCUT2D eigenvalue weighted by Gasteiger charge is -2.50. The highest BCUT2D eigenvalue weighted by molar-refractivity contribution is 5.13. The van der Waals surface area contributed by atoms with Crippen molar-refractivity contribution in [3.05, 3.63) is 0 Å². The fourth-order valence-corrected chi connectivity index (χ4v) is 3.15. The zero-order valence-corrected chi connectivity index (χ0v) is 12.5. The van der Waals surface area contributed by atoms with Gasteiger partial charge < -0.3 is 0 Å². The summed E-state index contributed by atoms with van der Waals surface area (Å²) in [6, 6.07) is 0. The van der Waals surface area contributed by atoms with E-state index in [1.165, 1.54) is 38.5 Å². The van der Waals surface area contributed by atoms with Crippen LogP contribution < -0.4 is 0 Å². The minimum atomic E-state index is 0.549. The SMILES string of the molecule is CC.CC(C)C#CC1CC2(CCC(C)CC2)C1. The fraction of sp³-hybridized carbons (Fsp3) is 0.882. The molecule has 0 aromatic carbocycles. The summed E-state index contributed by atoms with van der Waals surface area (Å²) >= 11 is 0. The van der Waals surface area contributed by atoms with Gasteiger partial charge in [0.1, 0.15) is 0 Å². The second-order valence-electron chi connectivity index (χ2n) is 6.23. The molecule has 0 aliphatic heterocycles. The molecule has 2 fully saturated rings. The third kappa shape index (κ3) is 4.06. The maximum absolute atomic E-state index is 3.45. The maximum atomic E-state index is 3.45. The molecule has 17 heavy (non-hydrogen) atoms. The van der Waals surface area contributed by atoms with Crippen molar-refractivity contribution >= 4 is 0 Å². The van der Waals surface area contributed by atoms with Crippen LogP contribution >= 0.6 is 0 Å². The molecule has 0 aromatic heterocycles. The Bertz CT molecular complexity index is 260. The van der Waals surface area contributed by atoms with Gasteiger partial charge in [-0.25, -0.2) is 0 Å². The second kappa shape index (κ2) is 6.48. The molecule has 0 saturated heterocycles. The lowest BCUT2D eigenvalue weighted by molar-refractivity contribution is 0.0275. The quantitative estimate of drug-likeness (QED) is 0.500. The Morgan fingerprint density at radius 1 is 1.06 bits per heavy atom. The smallest absolute Gasteiger partial charge is 0.0213 e. The van der Waals surface area contributed by atoms with Gasteiger partial charge in [0.05, 0.1) is 0 Å². The Morgan fingerprint density at radius 2 is 1.59 bits per heavy atom. The summed E-state index contributed by atoms with van der Waals surface area (Å²) in [4.78, 5) is 0. The van der Waals surface area contributed by atoms with Crippen LogP contribution in [0, 0.1) is 35.0 Å². The summed E-state index contributed by atoms with van der Waals surface area (Å²) in [6.07, 6.45) is 8.69. The Hall–Kier alpha value is -0.440. The zero-order valence-electron chi connectivity index (χ0n) is 12.5. The van der Waals surface area contributed by atoms with Gasteiger partial charge in [0.15, 0.2) is 0 Å². The molecule has 0 amide bonds. The van der Waals surface area contributed by atoms with Crippen molar-refractivity contribution in [3.8, 4) is 11.8 Å². The van der Waals surface area contributed by atoms with Crippen LogP contribution in [-0.4, -0.2) is 0 Å². The van der Waals surface area contributed by atoms with Crippen LogP contribution in [0.2, 0.25) is 0 Å². The van der Waals surface area contributed by atoms with Gasteiger partial charge in [-0.3, -0.25) is 0 Å². The number of hydrogen-bond acceptors (Lipinski definition) is 0. The molecule has 98 valence electrons. The minimum absolute atomic E-state index is 0.549. The molecule has 1 spiro atoms. The molecular formula is C17H30. The molecule has 2 aliphatic rings. The van der Waals surface area contributed by atoms with Crippen LogP contribution in [0.3, 0.4) is 0 Å². The molecule has 0 nitrogen and oxygen atoms in total. The van der Waals surface area contributed by atoms with Crippen molar-refractivity contribution in [2.75, 3.05) is 0 Å². The molecule has 0 unspecified atom stereocenters. The molecule has 0 radical (unpaired) electrons. The van der Waals surface area contributed by atoms with Crippen LogP contribution in [0.4, 0.5) is 0 Å². The predicted octanol–water partition coefficient (Wildman–Crippen LogP) is 5.28. The number of rotatable bonds is 0. The fourth-order valence-electron chi connectivity index (χ4n) is 3.15. The minimum Gasteiger partial charge on any atom is -0.100 e. The predicted molar refractivity (Wildman–Crippen MR) is 76.8 cm³/mol. The molecular weight excluding hydrogens is 204 g/mol. The van der Waals surface area contributed by atoms with Crippen molar-refractivity contribution in [2.24, 2.45) is 23.2 Å². The average Bonchev–Trinajstić information content (AvgIpc) is 2.28. The van der Waals surface area contributed by atoms with Crippen LogP contribution in [0.5, 0.6) is 0 Å². The van der Waals surface area contributed by atoms with Crippen LogP contribution in [0.25, 0.3) is 0 Å². The Kier molecular flexibility index (Phi) is 5.57. The average molecular weight is 234 g/mol. The van der Waals surface area contributed by atoms with Gasteiger partial charge >= 0.3 is 0 Å². The largest absolute Gasteiger partial charge is 0.100 e. The van der Waals surface area contributed by atoms with Gasteiger partial charge in [-0.1, -0.05) is 53.4 Å². The number of hydrogen-bond donors (Lipinski definition) is 0. The topological polar surface area (TPSA) is 0 Å². The summed E-state index contributed by atoms with van der Waals surface area (Å²) in [5.41, 5.74) is 0.739. The van der Waals surface area contributed by atoms with Gasteiger partial charge in [-0.05, 0) is 37.0 Å². The molecule has 0 aromatic rings. The van der Waals surface area contributed by atoms with E-state index in [2.05, 4.69) is 32.6 Å². The standard InChI is InChI=1S/C15H24.C2H6/c1-12(2)4-5-14-10-15(11-14)8-6-13(3)7-9-15;1-2/h12-14H,6-11H2,1-3H3;1-2H3. The molecule has 2 saturated carbocycles. The third-order valence-electron chi connectivity index (χ3n) is 4.27. The van der Waals surface area contributed by atoms with E-state index in [1.54, 1.807) is 0 Å².